The van der Waals surface area contributed by atoms with Crippen molar-refractivity contribution in [2.45, 2.75) is 32.9 Å². The molecular formula is C16H23N5O. The highest BCUT2D eigenvalue weighted by atomic mass is 16.2. The van der Waals surface area contributed by atoms with Crippen molar-refractivity contribution in [1.29, 1.82) is 0 Å². The van der Waals surface area contributed by atoms with Gasteiger partial charge in [0.25, 0.3) is 0 Å². The lowest BCUT2D eigenvalue weighted by atomic mass is 10.0. The summed E-state index contributed by atoms with van der Waals surface area (Å²) in [4.78, 5) is 18.1. The van der Waals surface area contributed by atoms with E-state index in [4.69, 9.17) is 5.73 Å². The van der Waals surface area contributed by atoms with Gasteiger partial charge in [-0.2, -0.15) is 5.10 Å². The molecule has 1 aromatic carbocycles. The molecule has 0 bridgehead atoms. The van der Waals surface area contributed by atoms with Gasteiger partial charge in [0.05, 0.1) is 17.6 Å². The minimum Gasteiger partial charge on any atom is -0.339 e. The lowest BCUT2D eigenvalue weighted by Gasteiger charge is -2.29. The molecule has 0 fully saturated rings. The van der Waals surface area contributed by atoms with Crippen LogP contribution in [0.15, 0.2) is 36.9 Å². The number of nitrogens with two attached hydrogens (primary N) is 1. The summed E-state index contributed by atoms with van der Waals surface area (Å²) in [6.45, 7) is 5.73. The van der Waals surface area contributed by atoms with Gasteiger partial charge in [-0.15, -0.1) is 0 Å². The van der Waals surface area contributed by atoms with E-state index in [1.807, 2.05) is 52.1 Å². The summed E-state index contributed by atoms with van der Waals surface area (Å²) in [6.07, 6.45) is 3.15. The quantitative estimate of drug-likeness (QED) is 0.913. The van der Waals surface area contributed by atoms with Crippen LogP contribution in [0.5, 0.6) is 0 Å². The molecule has 1 amide bonds. The van der Waals surface area contributed by atoms with Gasteiger partial charge in [0.15, 0.2) is 0 Å². The third kappa shape index (κ3) is 3.33. The SMILES string of the molecule is CC(N)C(C)C(=O)N(C)C(C)c1ccc(-n2cncn2)cc1. The number of carbonyl (C=O) groups excluding carboxylic acids is 1. The average molecular weight is 301 g/mol. The Bertz CT molecular complexity index is 606. The highest BCUT2D eigenvalue weighted by molar-refractivity contribution is 5.79. The number of hydrogen-bond acceptors (Lipinski definition) is 4. The van der Waals surface area contributed by atoms with Crippen LogP contribution in [0.1, 0.15) is 32.4 Å². The number of rotatable bonds is 5. The first-order valence-electron chi connectivity index (χ1n) is 7.39. The number of benzene rings is 1. The van der Waals surface area contributed by atoms with Gasteiger partial charge in [-0.1, -0.05) is 19.1 Å². The number of carbonyl (C=O) groups is 1. The Morgan fingerprint density at radius 2 is 1.86 bits per heavy atom. The van der Waals surface area contributed by atoms with Crippen LogP contribution in [0.3, 0.4) is 0 Å². The summed E-state index contributed by atoms with van der Waals surface area (Å²) in [6, 6.07) is 7.77. The number of aromatic nitrogens is 3. The van der Waals surface area contributed by atoms with Gasteiger partial charge in [-0.3, -0.25) is 4.79 Å². The van der Waals surface area contributed by atoms with Gasteiger partial charge in [-0.05, 0) is 31.5 Å². The van der Waals surface area contributed by atoms with Crippen molar-refractivity contribution < 1.29 is 4.79 Å². The fourth-order valence-corrected chi connectivity index (χ4v) is 2.21. The summed E-state index contributed by atoms with van der Waals surface area (Å²) in [5.74, 6) is -0.135. The molecule has 118 valence electrons. The van der Waals surface area contributed by atoms with Crippen molar-refractivity contribution in [1.82, 2.24) is 19.7 Å². The zero-order valence-corrected chi connectivity index (χ0v) is 13.5. The molecule has 6 nitrogen and oxygen atoms in total. The zero-order valence-electron chi connectivity index (χ0n) is 13.5. The minimum absolute atomic E-state index is 0.0153. The van der Waals surface area contributed by atoms with Crippen LogP contribution >= 0.6 is 0 Å². The standard InChI is InChI=1S/C16H23N5O/c1-11(12(2)17)16(22)20(4)13(3)14-5-7-15(8-6-14)21-10-18-9-19-21/h5-13H,17H2,1-4H3. The Labute approximate surface area is 130 Å². The Balaban J connectivity index is 2.12. The highest BCUT2D eigenvalue weighted by Crippen LogP contribution is 2.22. The lowest BCUT2D eigenvalue weighted by molar-refractivity contribution is -0.136. The molecule has 0 radical (unpaired) electrons. The number of nitrogens with zero attached hydrogens (tertiary/aromatic N) is 4. The van der Waals surface area contributed by atoms with Crippen molar-refractivity contribution in [2.75, 3.05) is 7.05 Å². The van der Waals surface area contributed by atoms with Gasteiger partial charge in [0.2, 0.25) is 5.91 Å². The maximum absolute atomic E-state index is 12.4. The first-order valence-corrected chi connectivity index (χ1v) is 7.39. The molecule has 2 N–H and O–H groups in total. The maximum Gasteiger partial charge on any atom is 0.227 e. The molecule has 0 aliphatic carbocycles. The predicted octanol–water partition coefficient (Wildman–Crippen LogP) is 1.77. The summed E-state index contributed by atoms with van der Waals surface area (Å²) in [5.41, 5.74) is 7.83. The molecule has 6 heteroatoms. The first kappa shape index (κ1) is 16.2. The monoisotopic (exact) mass is 301 g/mol. The van der Waals surface area contributed by atoms with Gasteiger partial charge in [-0.25, -0.2) is 9.67 Å². The summed E-state index contributed by atoms with van der Waals surface area (Å²) in [5, 5.41) is 4.09. The van der Waals surface area contributed by atoms with Crippen LogP contribution in [0.2, 0.25) is 0 Å². The molecule has 3 unspecified atom stereocenters. The molecule has 0 aliphatic rings. The third-order valence-corrected chi connectivity index (χ3v) is 4.17. The van der Waals surface area contributed by atoms with Crippen LogP contribution in [0.25, 0.3) is 5.69 Å². The minimum atomic E-state index is -0.193. The largest absolute Gasteiger partial charge is 0.339 e. The smallest absolute Gasteiger partial charge is 0.227 e. The van der Waals surface area contributed by atoms with Gasteiger partial charge in [0, 0.05) is 13.1 Å². The predicted molar refractivity (Wildman–Crippen MR) is 85.4 cm³/mol. The molecule has 0 saturated heterocycles. The Kier molecular flexibility index (Phi) is 4.92. The van der Waals surface area contributed by atoms with Crippen LogP contribution in [0.4, 0.5) is 0 Å². The lowest BCUT2D eigenvalue weighted by Crippen LogP contribution is -2.40. The normalized spacial score (nSPS) is 15.1. The molecule has 2 aromatic rings. The summed E-state index contributed by atoms with van der Waals surface area (Å²) >= 11 is 0. The Morgan fingerprint density at radius 1 is 1.23 bits per heavy atom. The first-order chi connectivity index (χ1) is 10.4. The molecule has 0 spiro atoms. The van der Waals surface area contributed by atoms with Crippen LogP contribution in [-0.2, 0) is 4.79 Å². The van der Waals surface area contributed by atoms with Crippen molar-refractivity contribution in [3.63, 3.8) is 0 Å². The van der Waals surface area contributed by atoms with E-state index in [2.05, 4.69) is 10.1 Å². The van der Waals surface area contributed by atoms with Gasteiger partial charge >= 0.3 is 0 Å². The van der Waals surface area contributed by atoms with Crippen LogP contribution in [0, 0.1) is 5.92 Å². The molecule has 22 heavy (non-hydrogen) atoms. The fourth-order valence-electron chi connectivity index (χ4n) is 2.21. The third-order valence-electron chi connectivity index (χ3n) is 4.17. The summed E-state index contributed by atoms with van der Waals surface area (Å²) < 4.78 is 1.70. The molecule has 0 aliphatic heterocycles. The highest BCUT2D eigenvalue weighted by Gasteiger charge is 2.24. The van der Waals surface area contributed by atoms with E-state index >= 15 is 0 Å². The second kappa shape index (κ2) is 6.70. The molecular weight excluding hydrogens is 278 g/mol. The second-order valence-electron chi connectivity index (χ2n) is 5.70. The van der Waals surface area contributed by atoms with Crippen molar-refractivity contribution in [3.05, 3.63) is 42.5 Å². The van der Waals surface area contributed by atoms with Crippen LogP contribution < -0.4 is 5.73 Å². The molecule has 1 aromatic heterocycles. The Hall–Kier alpha value is -2.21. The van der Waals surface area contributed by atoms with E-state index in [-0.39, 0.29) is 23.9 Å². The van der Waals surface area contributed by atoms with E-state index in [0.29, 0.717) is 0 Å². The summed E-state index contributed by atoms with van der Waals surface area (Å²) in [7, 11) is 1.82. The second-order valence-corrected chi connectivity index (χ2v) is 5.70. The van der Waals surface area contributed by atoms with E-state index in [9.17, 15) is 4.79 Å². The fraction of sp³-hybridized carbons (Fsp3) is 0.438. The molecule has 3 atom stereocenters. The van der Waals surface area contributed by atoms with Crippen molar-refractivity contribution in [2.24, 2.45) is 11.7 Å². The van der Waals surface area contributed by atoms with E-state index in [0.717, 1.165) is 11.3 Å². The molecule has 1 heterocycles. The molecule has 2 rings (SSSR count). The zero-order chi connectivity index (χ0) is 16.3. The van der Waals surface area contributed by atoms with Crippen LogP contribution in [-0.4, -0.2) is 38.7 Å². The van der Waals surface area contributed by atoms with Crippen molar-refractivity contribution in [3.8, 4) is 5.69 Å². The maximum atomic E-state index is 12.4. The Morgan fingerprint density at radius 3 is 2.36 bits per heavy atom. The number of amides is 1. The van der Waals surface area contributed by atoms with Crippen molar-refractivity contribution >= 4 is 5.91 Å². The van der Waals surface area contributed by atoms with Gasteiger partial charge < -0.3 is 10.6 Å². The van der Waals surface area contributed by atoms with Gasteiger partial charge in [0.1, 0.15) is 12.7 Å². The van der Waals surface area contributed by atoms with E-state index in [1.54, 1.807) is 15.9 Å². The average Bonchev–Trinajstić information content (AvgIpc) is 3.06. The van der Waals surface area contributed by atoms with E-state index < -0.39 is 0 Å². The molecule has 0 saturated carbocycles. The van der Waals surface area contributed by atoms with E-state index in [1.165, 1.54) is 6.33 Å². The number of hydrogen-bond donors (Lipinski definition) is 1. The topological polar surface area (TPSA) is 77.0 Å².